The molecule has 41 heavy (non-hydrogen) atoms. The van der Waals surface area contributed by atoms with Crippen LogP contribution >= 0.6 is 0 Å². The first-order valence-corrected chi connectivity index (χ1v) is 13.8. The summed E-state index contributed by atoms with van der Waals surface area (Å²) in [6.07, 6.45) is 3.79. The van der Waals surface area contributed by atoms with Crippen molar-refractivity contribution in [1.29, 1.82) is 0 Å². The van der Waals surface area contributed by atoms with E-state index in [9.17, 15) is 18.8 Å². The van der Waals surface area contributed by atoms with Gasteiger partial charge < -0.3 is 25.7 Å². The van der Waals surface area contributed by atoms with Crippen LogP contribution < -0.4 is 16.0 Å². The molecule has 0 saturated carbocycles. The summed E-state index contributed by atoms with van der Waals surface area (Å²) in [5.41, 5.74) is 3.58. The summed E-state index contributed by atoms with van der Waals surface area (Å²) in [4.78, 5) is 42.5. The Labute approximate surface area is 238 Å². The highest BCUT2D eigenvalue weighted by Crippen LogP contribution is 2.25. The molecule has 2 saturated heterocycles. The van der Waals surface area contributed by atoms with E-state index in [1.807, 2.05) is 42.5 Å². The van der Waals surface area contributed by atoms with Crippen molar-refractivity contribution in [3.8, 4) is 11.3 Å². The Bertz CT molecular complexity index is 1450. The van der Waals surface area contributed by atoms with Gasteiger partial charge in [-0.05, 0) is 53.8 Å². The zero-order chi connectivity index (χ0) is 28.8. The lowest BCUT2D eigenvalue weighted by Gasteiger charge is -2.24. The molecule has 0 unspecified atom stereocenters. The normalized spacial score (nSPS) is 19.0. The molecule has 0 spiro atoms. The van der Waals surface area contributed by atoms with E-state index >= 15 is 0 Å². The Kier molecular flexibility index (Phi) is 8.62. The van der Waals surface area contributed by atoms with Crippen LogP contribution in [0.25, 0.3) is 11.3 Å². The van der Waals surface area contributed by atoms with Crippen molar-refractivity contribution in [3.63, 3.8) is 0 Å². The summed E-state index contributed by atoms with van der Waals surface area (Å²) in [6.45, 7) is 5.05. The number of rotatable bonds is 10. The van der Waals surface area contributed by atoms with Crippen molar-refractivity contribution < 1.29 is 23.5 Å². The van der Waals surface area contributed by atoms with Crippen LogP contribution in [0.3, 0.4) is 0 Å². The average molecular weight is 557 g/mol. The second-order valence-electron chi connectivity index (χ2n) is 10.3. The third-order valence-electron chi connectivity index (χ3n) is 7.43. The van der Waals surface area contributed by atoms with Crippen LogP contribution in [-0.2, 0) is 20.7 Å². The van der Waals surface area contributed by atoms with Gasteiger partial charge in [0.2, 0.25) is 11.8 Å². The minimum absolute atomic E-state index is 0.0405. The van der Waals surface area contributed by atoms with Gasteiger partial charge in [0.1, 0.15) is 23.3 Å². The van der Waals surface area contributed by atoms with Crippen molar-refractivity contribution in [2.75, 3.05) is 13.2 Å². The van der Waals surface area contributed by atoms with Gasteiger partial charge in [0, 0.05) is 37.0 Å². The van der Waals surface area contributed by atoms with Crippen LogP contribution in [0.1, 0.15) is 35.3 Å². The Balaban J connectivity index is 1.36. The lowest BCUT2D eigenvalue weighted by Crippen LogP contribution is -2.51. The first-order chi connectivity index (χ1) is 19.9. The van der Waals surface area contributed by atoms with E-state index < -0.39 is 23.9 Å². The molecular weight excluding hydrogens is 523 g/mol. The number of allylic oxidation sites excluding steroid dienone is 1. The van der Waals surface area contributed by atoms with Crippen molar-refractivity contribution in [1.82, 2.24) is 20.9 Å². The number of aromatic nitrogens is 1. The number of nitrogens with one attached hydrogen (secondary N) is 4. The number of hydrogen-bond donors (Lipinski definition) is 4. The van der Waals surface area contributed by atoms with Gasteiger partial charge in [0.05, 0.1) is 6.61 Å². The fraction of sp³-hybridized carbons (Fsp3) is 0.281. The van der Waals surface area contributed by atoms with Crippen molar-refractivity contribution in [3.05, 3.63) is 108 Å². The predicted octanol–water partition coefficient (Wildman–Crippen LogP) is 4.03. The third kappa shape index (κ3) is 7.11. The van der Waals surface area contributed by atoms with Gasteiger partial charge in [-0.3, -0.25) is 14.4 Å². The highest BCUT2D eigenvalue weighted by Gasteiger charge is 2.30. The Morgan fingerprint density at radius 3 is 2.54 bits per heavy atom. The maximum atomic E-state index is 13.7. The lowest BCUT2D eigenvalue weighted by molar-refractivity contribution is -0.125. The number of hydrogen-bond acceptors (Lipinski definition) is 4. The van der Waals surface area contributed by atoms with Gasteiger partial charge in [-0.15, -0.1) is 0 Å². The number of amides is 3. The minimum Gasteiger partial charge on any atom is -0.494 e. The van der Waals surface area contributed by atoms with Gasteiger partial charge in [-0.2, -0.15) is 0 Å². The number of benzene rings is 2. The summed E-state index contributed by atoms with van der Waals surface area (Å²) in [7, 11) is 0. The van der Waals surface area contributed by atoms with Crippen LogP contribution in [-0.4, -0.2) is 47.9 Å². The zero-order valence-electron chi connectivity index (χ0n) is 22.6. The van der Waals surface area contributed by atoms with E-state index in [4.69, 9.17) is 4.74 Å². The van der Waals surface area contributed by atoms with Crippen LogP contribution in [0.5, 0.6) is 0 Å². The third-order valence-corrected chi connectivity index (χ3v) is 7.43. The van der Waals surface area contributed by atoms with E-state index in [1.54, 1.807) is 18.2 Å². The molecule has 3 amide bonds. The molecule has 0 bridgehead atoms. The largest absolute Gasteiger partial charge is 0.494 e. The second kappa shape index (κ2) is 12.7. The smallest absolute Gasteiger partial charge is 0.268 e. The quantitative estimate of drug-likeness (QED) is 0.302. The molecule has 0 radical (unpaired) electrons. The average Bonchev–Trinajstić information content (AvgIpc) is 3.72. The van der Waals surface area contributed by atoms with E-state index in [1.165, 1.54) is 12.1 Å². The van der Waals surface area contributed by atoms with Crippen molar-refractivity contribution in [2.24, 2.45) is 5.92 Å². The number of H-pyrrole nitrogens is 1. The van der Waals surface area contributed by atoms with Gasteiger partial charge in [0.15, 0.2) is 0 Å². The van der Waals surface area contributed by atoms with E-state index in [0.29, 0.717) is 49.4 Å². The Morgan fingerprint density at radius 1 is 1.07 bits per heavy atom. The van der Waals surface area contributed by atoms with Crippen LogP contribution in [0, 0.1) is 11.7 Å². The number of halogens is 1. The molecule has 3 heterocycles. The van der Waals surface area contributed by atoms with Crippen LogP contribution in [0.2, 0.25) is 0 Å². The van der Waals surface area contributed by atoms with Gasteiger partial charge in [-0.1, -0.05) is 55.1 Å². The van der Waals surface area contributed by atoms with E-state index in [-0.39, 0.29) is 24.1 Å². The number of carbonyl (C=O) groups excluding carboxylic acids is 3. The lowest BCUT2D eigenvalue weighted by atomic mass is 9.95. The number of aromatic amines is 1. The molecular formula is C32H33FN4O4. The standard InChI is InChI=1S/C32H33FN4O4/c1-20-23(14-16-41-20)18-26(19-24-13-15-34-30(24)38)35-32(40)29(17-21-7-9-25(33)10-8-21)37-31(39)28-12-11-27(36-28)22-5-3-2-4-6-22/h2-12,18,24,26,29,36H,1,13-17,19H2,(H,34,38)(H,35,40)(H,37,39)/b23-18+/t24-,26+,29-/m0/s1. The molecule has 9 heteroatoms. The van der Waals surface area contributed by atoms with Gasteiger partial charge >= 0.3 is 0 Å². The zero-order valence-corrected chi connectivity index (χ0v) is 22.6. The summed E-state index contributed by atoms with van der Waals surface area (Å²) in [6, 6.07) is 17.5. The van der Waals surface area contributed by atoms with Crippen LogP contribution in [0.15, 0.2) is 90.7 Å². The summed E-state index contributed by atoms with van der Waals surface area (Å²) < 4.78 is 19.1. The Hall–Kier alpha value is -4.66. The number of ether oxygens (including phenoxy) is 1. The SMILES string of the molecule is C=C1OCC/C1=C\[C@H](C[C@@H]1CCNC1=O)NC(=O)[C@H](Cc1ccc(F)cc1)NC(=O)c1ccc(-c2ccccc2)[nH]1. The molecule has 2 aromatic carbocycles. The maximum absolute atomic E-state index is 13.7. The molecule has 2 fully saturated rings. The maximum Gasteiger partial charge on any atom is 0.268 e. The van der Waals surface area contributed by atoms with E-state index in [0.717, 1.165) is 16.8 Å². The highest BCUT2D eigenvalue weighted by atomic mass is 19.1. The molecule has 2 aliphatic rings. The fourth-order valence-corrected chi connectivity index (χ4v) is 5.18. The molecule has 0 aliphatic carbocycles. The van der Waals surface area contributed by atoms with Gasteiger partial charge in [-0.25, -0.2) is 4.39 Å². The molecule has 3 aromatic rings. The molecule has 3 atom stereocenters. The number of carbonyl (C=O) groups is 3. The Morgan fingerprint density at radius 2 is 1.85 bits per heavy atom. The van der Waals surface area contributed by atoms with Crippen molar-refractivity contribution in [2.45, 2.75) is 37.8 Å². The second-order valence-corrected chi connectivity index (χ2v) is 10.3. The molecule has 5 rings (SSSR count). The van der Waals surface area contributed by atoms with Crippen molar-refractivity contribution >= 4 is 17.7 Å². The first-order valence-electron chi connectivity index (χ1n) is 13.8. The van der Waals surface area contributed by atoms with E-state index in [2.05, 4.69) is 27.5 Å². The molecule has 4 N–H and O–H groups in total. The minimum atomic E-state index is -0.960. The topological polar surface area (TPSA) is 112 Å². The summed E-state index contributed by atoms with van der Waals surface area (Å²) >= 11 is 0. The fourth-order valence-electron chi connectivity index (χ4n) is 5.18. The monoisotopic (exact) mass is 556 g/mol. The van der Waals surface area contributed by atoms with Gasteiger partial charge in [0.25, 0.3) is 5.91 Å². The summed E-state index contributed by atoms with van der Waals surface area (Å²) in [5, 5.41) is 8.74. The molecule has 8 nitrogen and oxygen atoms in total. The summed E-state index contributed by atoms with van der Waals surface area (Å²) in [5.74, 6) is -0.981. The highest BCUT2D eigenvalue weighted by molar-refractivity contribution is 5.97. The predicted molar refractivity (Wildman–Crippen MR) is 153 cm³/mol. The molecule has 212 valence electrons. The van der Waals surface area contributed by atoms with Crippen LogP contribution in [0.4, 0.5) is 4.39 Å². The molecule has 1 aromatic heterocycles. The first kappa shape index (κ1) is 27.9. The molecule has 2 aliphatic heterocycles.